The molecule has 2 N–H and O–H groups in total. The normalized spacial score (nSPS) is 11.3. The number of halogens is 3. The van der Waals surface area contributed by atoms with Crippen LogP contribution < -0.4 is 15.2 Å². The highest BCUT2D eigenvalue weighted by atomic mass is 19.4. The Bertz CT molecular complexity index is 1260. The fourth-order valence-electron chi connectivity index (χ4n) is 3.46. The predicted molar refractivity (Wildman–Crippen MR) is 124 cm³/mol. The van der Waals surface area contributed by atoms with Gasteiger partial charge in [0.05, 0.1) is 0 Å². The molecule has 4 rings (SSSR count). The topological polar surface area (TPSA) is 44.5 Å². The summed E-state index contributed by atoms with van der Waals surface area (Å²) in [4.78, 5) is 0. The summed E-state index contributed by atoms with van der Waals surface area (Å²) in [6.45, 7) is 4.04. The molecule has 33 heavy (non-hydrogen) atoms. The van der Waals surface area contributed by atoms with Crippen LogP contribution in [0.4, 0.5) is 18.9 Å². The van der Waals surface area contributed by atoms with E-state index in [2.05, 4.69) is 6.07 Å². The first-order valence-electron chi connectivity index (χ1n) is 10.3. The van der Waals surface area contributed by atoms with Crippen LogP contribution >= 0.6 is 0 Å². The third-order valence-electron chi connectivity index (χ3n) is 5.14. The van der Waals surface area contributed by atoms with Crippen LogP contribution in [-0.4, -0.2) is 0 Å². The average molecular weight is 449 g/mol. The molecule has 0 aromatic heterocycles. The van der Waals surface area contributed by atoms with Gasteiger partial charge < -0.3 is 15.2 Å². The summed E-state index contributed by atoms with van der Waals surface area (Å²) in [6, 6.07) is 23.9. The molecule has 0 aliphatic carbocycles. The molecule has 4 aromatic rings. The smallest absolute Gasteiger partial charge is 0.420 e. The first kappa shape index (κ1) is 22.3. The summed E-state index contributed by atoms with van der Waals surface area (Å²) in [5.74, 6) is 1.52. The Hall–Kier alpha value is -3.93. The fraction of sp³-hybridized carbons (Fsp3) is 0.111. The van der Waals surface area contributed by atoms with Crippen LogP contribution in [0, 0.1) is 13.8 Å². The molecule has 3 nitrogen and oxygen atoms in total. The third-order valence-corrected chi connectivity index (χ3v) is 5.14. The Morgan fingerprint density at radius 3 is 1.67 bits per heavy atom. The van der Waals surface area contributed by atoms with E-state index in [4.69, 9.17) is 15.2 Å². The number of hydrogen-bond acceptors (Lipinski definition) is 3. The first-order valence-corrected chi connectivity index (χ1v) is 10.3. The lowest BCUT2D eigenvalue weighted by Gasteiger charge is -2.14. The van der Waals surface area contributed by atoms with Crippen LogP contribution in [0.2, 0.25) is 0 Å². The van der Waals surface area contributed by atoms with E-state index in [0.29, 0.717) is 11.5 Å². The van der Waals surface area contributed by atoms with Crippen molar-refractivity contribution in [3.63, 3.8) is 0 Å². The second kappa shape index (κ2) is 8.90. The van der Waals surface area contributed by atoms with Crippen LogP contribution in [-0.2, 0) is 6.18 Å². The number of nitrogens with two attached hydrogens (primary N) is 1. The summed E-state index contributed by atoms with van der Waals surface area (Å²) in [7, 11) is 0. The molecular weight excluding hydrogens is 427 g/mol. The van der Waals surface area contributed by atoms with Gasteiger partial charge in [0.15, 0.2) is 0 Å². The van der Waals surface area contributed by atoms with E-state index < -0.39 is 11.7 Å². The summed E-state index contributed by atoms with van der Waals surface area (Å²) in [5, 5.41) is 0. The zero-order valence-corrected chi connectivity index (χ0v) is 18.1. The van der Waals surface area contributed by atoms with Gasteiger partial charge in [-0.15, -0.1) is 0 Å². The molecule has 6 heteroatoms. The Morgan fingerprint density at radius 2 is 1.15 bits per heavy atom. The summed E-state index contributed by atoms with van der Waals surface area (Å²) in [5.41, 5.74) is 8.69. The maximum atomic E-state index is 13.3. The van der Waals surface area contributed by atoms with Crippen molar-refractivity contribution in [2.75, 3.05) is 5.73 Å². The lowest BCUT2D eigenvalue weighted by atomic mass is 10.1. The van der Waals surface area contributed by atoms with Gasteiger partial charge in [-0.1, -0.05) is 42.0 Å². The number of rotatable bonds is 5. The molecule has 0 unspecified atom stereocenters. The molecule has 0 bridgehead atoms. The number of ether oxygens (including phenoxy) is 2. The van der Waals surface area contributed by atoms with Crippen molar-refractivity contribution >= 4 is 5.69 Å². The third kappa shape index (κ3) is 5.29. The van der Waals surface area contributed by atoms with Crippen molar-refractivity contribution in [2.45, 2.75) is 20.0 Å². The van der Waals surface area contributed by atoms with E-state index in [0.717, 1.165) is 28.5 Å². The molecule has 0 saturated heterocycles. The second-order valence-electron chi connectivity index (χ2n) is 7.78. The molecule has 0 amide bonds. The van der Waals surface area contributed by atoms with E-state index in [1.807, 2.05) is 50.2 Å². The van der Waals surface area contributed by atoms with E-state index in [1.165, 1.54) is 17.7 Å². The molecular formula is C27H22F3NO2. The fourth-order valence-corrected chi connectivity index (χ4v) is 3.46. The zero-order valence-electron chi connectivity index (χ0n) is 18.1. The standard InChI is InChI=1S/C27H22F3NO2/c1-17-3-13-25(18(2)15-17)32-22-9-4-19(5-10-22)20-6-11-23(12-7-20)33-26-14-8-21(31)16-24(26)27(28,29)30/h3-16H,31H2,1-2H3. The number of aryl methyl sites for hydroxylation is 2. The molecule has 0 aliphatic rings. The van der Waals surface area contributed by atoms with Gasteiger partial charge in [0.25, 0.3) is 0 Å². The molecule has 0 radical (unpaired) electrons. The zero-order chi connectivity index (χ0) is 23.6. The van der Waals surface area contributed by atoms with Crippen LogP contribution in [0.5, 0.6) is 23.0 Å². The first-order chi connectivity index (χ1) is 15.7. The number of nitrogen functional groups attached to an aromatic ring is 1. The highest BCUT2D eigenvalue weighted by Crippen LogP contribution is 2.39. The number of anilines is 1. The number of benzene rings is 4. The van der Waals surface area contributed by atoms with Gasteiger partial charge in [-0.25, -0.2) is 0 Å². The summed E-state index contributed by atoms with van der Waals surface area (Å²) in [6.07, 6.45) is -4.56. The highest BCUT2D eigenvalue weighted by Gasteiger charge is 2.34. The van der Waals surface area contributed by atoms with Gasteiger partial charge in [0.2, 0.25) is 0 Å². The molecule has 0 fully saturated rings. The van der Waals surface area contributed by atoms with Gasteiger partial charge in [-0.3, -0.25) is 0 Å². The molecule has 0 aliphatic heterocycles. The Kier molecular flexibility index (Phi) is 6.01. The molecule has 168 valence electrons. The van der Waals surface area contributed by atoms with Gasteiger partial charge in [-0.05, 0) is 79.1 Å². The van der Waals surface area contributed by atoms with Crippen LogP contribution in [0.3, 0.4) is 0 Å². The Morgan fingerprint density at radius 1 is 0.636 bits per heavy atom. The quantitative estimate of drug-likeness (QED) is 0.313. The monoisotopic (exact) mass is 449 g/mol. The number of hydrogen-bond donors (Lipinski definition) is 1. The maximum Gasteiger partial charge on any atom is 0.420 e. The second-order valence-corrected chi connectivity index (χ2v) is 7.78. The largest absolute Gasteiger partial charge is 0.457 e. The van der Waals surface area contributed by atoms with Crippen LogP contribution in [0.1, 0.15) is 16.7 Å². The van der Waals surface area contributed by atoms with Crippen molar-refractivity contribution < 1.29 is 22.6 Å². The summed E-state index contributed by atoms with van der Waals surface area (Å²) < 4.78 is 51.3. The maximum absolute atomic E-state index is 13.3. The summed E-state index contributed by atoms with van der Waals surface area (Å²) >= 11 is 0. The van der Waals surface area contributed by atoms with Crippen molar-refractivity contribution in [3.05, 3.63) is 102 Å². The predicted octanol–water partition coefficient (Wildman–Crippen LogP) is 8.16. The van der Waals surface area contributed by atoms with Gasteiger partial charge in [0.1, 0.15) is 28.6 Å². The minimum Gasteiger partial charge on any atom is -0.457 e. The minimum atomic E-state index is -4.56. The van der Waals surface area contributed by atoms with Gasteiger partial charge in [-0.2, -0.15) is 13.2 Å². The van der Waals surface area contributed by atoms with E-state index in [9.17, 15) is 13.2 Å². The SMILES string of the molecule is Cc1ccc(Oc2ccc(-c3ccc(Oc4ccc(N)cc4C(F)(F)F)cc3)cc2)c(C)c1. The van der Waals surface area contributed by atoms with Gasteiger partial charge in [0, 0.05) is 5.69 Å². The Balaban J connectivity index is 1.49. The van der Waals surface area contributed by atoms with Crippen molar-refractivity contribution in [1.82, 2.24) is 0 Å². The van der Waals surface area contributed by atoms with E-state index in [1.54, 1.807) is 24.3 Å². The van der Waals surface area contributed by atoms with Crippen molar-refractivity contribution in [2.24, 2.45) is 0 Å². The molecule has 0 atom stereocenters. The van der Waals surface area contributed by atoms with Crippen molar-refractivity contribution in [1.29, 1.82) is 0 Å². The lowest BCUT2D eigenvalue weighted by Crippen LogP contribution is -2.08. The molecule has 4 aromatic carbocycles. The lowest BCUT2D eigenvalue weighted by molar-refractivity contribution is -0.138. The highest BCUT2D eigenvalue weighted by molar-refractivity contribution is 5.65. The minimum absolute atomic E-state index is 0.0231. The van der Waals surface area contributed by atoms with E-state index in [-0.39, 0.29) is 11.4 Å². The molecule has 0 saturated carbocycles. The average Bonchev–Trinajstić information content (AvgIpc) is 2.77. The van der Waals surface area contributed by atoms with Crippen molar-refractivity contribution in [3.8, 4) is 34.1 Å². The van der Waals surface area contributed by atoms with E-state index >= 15 is 0 Å². The number of alkyl halides is 3. The van der Waals surface area contributed by atoms with Crippen LogP contribution in [0.25, 0.3) is 11.1 Å². The molecule has 0 spiro atoms. The molecule has 0 heterocycles. The van der Waals surface area contributed by atoms with Crippen LogP contribution in [0.15, 0.2) is 84.9 Å². The Labute approximate surface area is 190 Å². The van der Waals surface area contributed by atoms with Gasteiger partial charge >= 0.3 is 6.18 Å².